The smallest absolute Gasteiger partial charge is 0.179 e. The van der Waals surface area contributed by atoms with Gasteiger partial charge in [0.2, 0.25) is 0 Å². The summed E-state index contributed by atoms with van der Waals surface area (Å²) in [4.78, 5) is 10.4. The molecule has 4 nitrogen and oxygen atoms in total. The van der Waals surface area contributed by atoms with Gasteiger partial charge >= 0.3 is 0 Å². The van der Waals surface area contributed by atoms with Gasteiger partial charge in [0, 0.05) is 18.8 Å². The van der Waals surface area contributed by atoms with Gasteiger partial charge in [-0.05, 0) is 63.6 Å². The van der Waals surface area contributed by atoms with Crippen molar-refractivity contribution in [1.29, 1.82) is 0 Å². The average Bonchev–Trinajstić information content (AvgIpc) is 2.74. The number of hydrogen-bond donors (Lipinski definition) is 1. The molecule has 3 heterocycles. The molecule has 0 radical (unpaired) electrons. The highest BCUT2D eigenvalue weighted by molar-refractivity contribution is 7.71. The summed E-state index contributed by atoms with van der Waals surface area (Å²) in [5.74, 6) is 0. The summed E-state index contributed by atoms with van der Waals surface area (Å²) in [5.41, 5.74) is 3.18. The third kappa shape index (κ3) is 2.65. The number of imidazole rings is 1. The van der Waals surface area contributed by atoms with Gasteiger partial charge in [-0.3, -0.25) is 4.57 Å². The number of pyridine rings is 1. The molecule has 1 N–H and O–H groups in total. The summed E-state index contributed by atoms with van der Waals surface area (Å²) in [6, 6.07) is 2.46. The molecule has 3 rings (SSSR count). The molecule has 1 saturated heterocycles. The summed E-state index contributed by atoms with van der Waals surface area (Å²) >= 11 is 5.49. The average molecular weight is 290 g/mol. The largest absolute Gasteiger partial charge is 0.329 e. The van der Waals surface area contributed by atoms with Crippen molar-refractivity contribution in [3.63, 3.8) is 0 Å². The molecule has 0 bridgehead atoms. The molecule has 0 saturated carbocycles. The SMILES string of the molecule is Cc1cnc2c(c1)[nH]c(=S)n2C(C)CN1CCCCC1. The van der Waals surface area contributed by atoms with E-state index in [2.05, 4.69) is 39.3 Å². The van der Waals surface area contributed by atoms with Crippen LogP contribution in [-0.2, 0) is 0 Å². The highest BCUT2D eigenvalue weighted by Crippen LogP contribution is 2.20. The fraction of sp³-hybridized carbons (Fsp3) is 0.600. The molecule has 1 atom stereocenters. The number of nitrogens with one attached hydrogen (secondary N) is 1. The minimum Gasteiger partial charge on any atom is -0.329 e. The van der Waals surface area contributed by atoms with Gasteiger partial charge < -0.3 is 9.88 Å². The van der Waals surface area contributed by atoms with E-state index in [4.69, 9.17) is 12.2 Å². The van der Waals surface area contributed by atoms with Crippen LogP contribution in [0.2, 0.25) is 0 Å². The van der Waals surface area contributed by atoms with Crippen LogP contribution in [-0.4, -0.2) is 39.1 Å². The van der Waals surface area contributed by atoms with Gasteiger partial charge in [-0.2, -0.15) is 0 Å². The number of nitrogens with zero attached hydrogens (tertiary/aromatic N) is 3. The maximum absolute atomic E-state index is 5.49. The van der Waals surface area contributed by atoms with Crippen LogP contribution in [0.1, 0.15) is 37.8 Å². The second-order valence-corrected chi connectivity index (χ2v) is 6.28. The number of likely N-dealkylation sites (tertiary alicyclic amines) is 1. The van der Waals surface area contributed by atoms with Crippen molar-refractivity contribution in [2.24, 2.45) is 0 Å². The number of rotatable bonds is 3. The minimum atomic E-state index is 0.351. The predicted molar refractivity (Wildman–Crippen MR) is 84.7 cm³/mol. The normalized spacial score (nSPS) is 18.5. The van der Waals surface area contributed by atoms with E-state index < -0.39 is 0 Å². The molecule has 1 fully saturated rings. The monoisotopic (exact) mass is 290 g/mol. The molecule has 20 heavy (non-hydrogen) atoms. The van der Waals surface area contributed by atoms with Gasteiger partial charge in [-0.1, -0.05) is 6.42 Å². The summed E-state index contributed by atoms with van der Waals surface area (Å²) < 4.78 is 2.95. The molecule has 5 heteroatoms. The van der Waals surface area contributed by atoms with Gasteiger partial charge in [0.1, 0.15) is 0 Å². The lowest BCUT2D eigenvalue weighted by Crippen LogP contribution is -2.34. The number of fused-ring (bicyclic) bond motifs is 1. The Bertz CT molecular complexity index is 651. The molecule has 2 aromatic heterocycles. The molecule has 1 aliphatic heterocycles. The molecular weight excluding hydrogens is 268 g/mol. The van der Waals surface area contributed by atoms with Crippen molar-refractivity contribution < 1.29 is 0 Å². The van der Waals surface area contributed by atoms with E-state index in [-0.39, 0.29) is 0 Å². The van der Waals surface area contributed by atoms with Crippen molar-refractivity contribution in [1.82, 2.24) is 19.4 Å². The van der Waals surface area contributed by atoms with Crippen molar-refractivity contribution in [3.8, 4) is 0 Å². The van der Waals surface area contributed by atoms with E-state index in [0.717, 1.165) is 28.0 Å². The third-order valence-electron chi connectivity index (χ3n) is 4.10. The van der Waals surface area contributed by atoms with Crippen LogP contribution in [0, 0.1) is 11.7 Å². The fourth-order valence-electron chi connectivity index (χ4n) is 3.12. The van der Waals surface area contributed by atoms with Gasteiger partial charge in [0.25, 0.3) is 0 Å². The lowest BCUT2D eigenvalue weighted by molar-refractivity contribution is 0.202. The first-order valence-corrected chi connectivity index (χ1v) is 7.85. The number of hydrogen-bond acceptors (Lipinski definition) is 3. The molecule has 0 aromatic carbocycles. The summed E-state index contributed by atoms with van der Waals surface area (Å²) in [6.45, 7) is 7.77. The quantitative estimate of drug-likeness (QED) is 0.880. The van der Waals surface area contributed by atoms with E-state index in [1.165, 1.54) is 32.4 Å². The van der Waals surface area contributed by atoms with Crippen molar-refractivity contribution in [2.45, 2.75) is 39.2 Å². The Morgan fingerprint density at radius 2 is 2.10 bits per heavy atom. The number of piperidine rings is 1. The van der Waals surface area contributed by atoms with Crippen LogP contribution >= 0.6 is 12.2 Å². The molecular formula is C15H22N4S. The molecule has 1 unspecified atom stereocenters. The van der Waals surface area contributed by atoms with Crippen molar-refractivity contribution >= 4 is 23.4 Å². The van der Waals surface area contributed by atoms with E-state index >= 15 is 0 Å². The van der Waals surface area contributed by atoms with Crippen LogP contribution < -0.4 is 0 Å². The number of aryl methyl sites for hydroxylation is 1. The first kappa shape index (κ1) is 13.8. The maximum atomic E-state index is 5.49. The van der Waals surface area contributed by atoms with Crippen LogP contribution in [0.15, 0.2) is 12.3 Å². The second-order valence-electron chi connectivity index (χ2n) is 5.89. The first-order valence-electron chi connectivity index (χ1n) is 7.44. The first-order chi connectivity index (χ1) is 9.65. The van der Waals surface area contributed by atoms with Gasteiger partial charge in [0.15, 0.2) is 10.4 Å². The standard InChI is InChI=1S/C15H22N4S/c1-11-8-13-14(16-9-11)19(15(20)17-13)12(2)10-18-6-4-3-5-7-18/h8-9,12H,3-7,10H2,1-2H3,(H,17,20). The lowest BCUT2D eigenvalue weighted by atomic mass is 10.1. The topological polar surface area (TPSA) is 36.9 Å². The van der Waals surface area contributed by atoms with E-state index in [0.29, 0.717) is 6.04 Å². The van der Waals surface area contributed by atoms with Crippen molar-refractivity contribution in [2.75, 3.05) is 19.6 Å². The van der Waals surface area contributed by atoms with E-state index in [9.17, 15) is 0 Å². The van der Waals surface area contributed by atoms with E-state index in [1.54, 1.807) is 0 Å². The number of aromatic amines is 1. The molecule has 0 amide bonds. The van der Waals surface area contributed by atoms with Gasteiger partial charge in [-0.15, -0.1) is 0 Å². The van der Waals surface area contributed by atoms with Gasteiger partial charge in [-0.25, -0.2) is 4.98 Å². The summed E-state index contributed by atoms with van der Waals surface area (Å²) in [7, 11) is 0. The molecule has 1 aliphatic rings. The minimum absolute atomic E-state index is 0.351. The van der Waals surface area contributed by atoms with Crippen LogP contribution in [0.5, 0.6) is 0 Å². The Labute approximate surface area is 124 Å². The number of H-pyrrole nitrogens is 1. The molecule has 2 aromatic rings. The highest BCUT2D eigenvalue weighted by Gasteiger charge is 2.17. The Morgan fingerprint density at radius 3 is 2.85 bits per heavy atom. The maximum Gasteiger partial charge on any atom is 0.179 e. The highest BCUT2D eigenvalue weighted by atomic mass is 32.1. The fourth-order valence-corrected chi connectivity index (χ4v) is 3.50. The zero-order valence-electron chi connectivity index (χ0n) is 12.2. The lowest BCUT2D eigenvalue weighted by Gasteiger charge is -2.29. The van der Waals surface area contributed by atoms with Crippen LogP contribution in [0.3, 0.4) is 0 Å². The summed E-state index contributed by atoms with van der Waals surface area (Å²) in [6.07, 6.45) is 5.93. The Hall–Kier alpha value is -1.20. The zero-order valence-corrected chi connectivity index (χ0v) is 13.0. The predicted octanol–water partition coefficient (Wildman–Crippen LogP) is 3.45. The van der Waals surface area contributed by atoms with Gasteiger partial charge in [0.05, 0.1) is 5.52 Å². The molecule has 108 valence electrons. The van der Waals surface area contributed by atoms with E-state index in [1.807, 2.05) is 6.20 Å². The van der Waals surface area contributed by atoms with Crippen LogP contribution in [0.25, 0.3) is 11.2 Å². The second kappa shape index (κ2) is 5.66. The Morgan fingerprint density at radius 1 is 1.35 bits per heavy atom. The Balaban J connectivity index is 1.88. The van der Waals surface area contributed by atoms with Crippen LogP contribution in [0.4, 0.5) is 0 Å². The Kier molecular flexibility index (Phi) is 3.89. The molecule has 0 spiro atoms. The van der Waals surface area contributed by atoms with Crippen molar-refractivity contribution in [3.05, 3.63) is 22.6 Å². The summed E-state index contributed by atoms with van der Waals surface area (Å²) in [5, 5.41) is 0. The third-order valence-corrected chi connectivity index (χ3v) is 4.40. The number of aromatic nitrogens is 3. The zero-order chi connectivity index (χ0) is 14.1. The molecule has 0 aliphatic carbocycles.